The van der Waals surface area contributed by atoms with Crippen LogP contribution in [0.2, 0.25) is 0 Å². The van der Waals surface area contributed by atoms with E-state index in [1.165, 1.54) is 0 Å². The molecule has 0 aromatic carbocycles. The van der Waals surface area contributed by atoms with Gasteiger partial charge in [0.15, 0.2) is 0 Å². The van der Waals surface area contributed by atoms with Crippen LogP contribution in [0.1, 0.15) is 19.5 Å². The van der Waals surface area contributed by atoms with E-state index in [0.29, 0.717) is 6.54 Å². The number of rotatable bonds is 5. The first-order chi connectivity index (χ1) is 7.69. The largest absolute Gasteiger partial charge is 0.293 e. The zero-order valence-electron chi connectivity index (χ0n) is 9.68. The number of hydrazine groups is 1. The molecule has 0 aliphatic rings. The fraction of sp³-hybridized carbons (Fsp3) is 0.455. The lowest BCUT2D eigenvalue weighted by Crippen LogP contribution is -2.47. The normalized spacial score (nSPS) is 12.5. The number of carbonyl (C=O) groups excluding carboxylic acids is 1. The van der Waals surface area contributed by atoms with E-state index in [2.05, 4.69) is 10.4 Å². The van der Waals surface area contributed by atoms with E-state index in [0.717, 1.165) is 12.2 Å². The SMILES string of the molecule is CCN(Cc1ccccn1)C(C)C(=O)NN. The summed E-state index contributed by atoms with van der Waals surface area (Å²) < 4.78 is 0. The third-order valence-corrected chi connectivity index (χ3v) is 2.57. The van der Waals surface area contributed by atoms with Crippen molar-refractivity contribution in [3.63, 3.8) is 0 Å². The summed E-state index contributed by atoms with van der Waals surface area (Å²) in [4.78, 5) is 17.6. The third-order valence-electron chi connectivity index (χ3n) is 2.57. The second-order valence-electron chi connectivity index (χ2n) is 3.57. The molecule has 0 bridgehead atoms. The summed E-state index contributed by atoms with van der Waals surface area (Å²) in [5, 5.41) is 0. The van der Waals surface area contributed by atoms with E-state index >= 15 is 0 Å². The van der Waals surface area contributed by atoms with Crippen LogP contribution in [0.3, 0.4) is 0 Å². The van der Waals surface area contributed by atoms with Crippen LogP contribution in [-0.4, -0.2) is 28.4 Å². The Balaban J connectivity index is 2.65. The lowest BCUT2D eigenvalue weighted by Gasteiger charge is -2.25. The Bertz CT molecular complexity index is 328. The number of nitrogens with one attached hydrogen (secondary N) is 1. The van der Waals surface area contributed by atoms with Gasteiger partial charge in [0.25, 0.3) is 5.91 Å². The smallest absolute Gasteiger partial charge is 0.250 e. The van der Waals surface area contributed by atoms with Crippen molar-refractivity contribution in [2.45, 2.75) is 26.4 Å². The number of carbonyl (C=O) groups is 1. The van der Waals surface area contributed by atoms with Crippen molar-refractivity contribution in [1.29, 1.82) is 0 Å². The predicted octanol–water partition coefficient (Wildman–Crippen LogP) is 0.282. The highest BCUT2D eigenvalue weighted by molar-refractivity contribution is 5.80. The highest BCUT2D eigenvalue weighted by Gasteiger charge is 2.19. The van der Waals surface area contributed by atoms with E-state index in [1.807, 2.05) is 36.9 Å². The van der Waals surface area contributed by atoms with Gasteiger partial charge in [-0.3, -0.25) is 20.1 Å². The number of likely N-dealkylation sites (N-methyl/N-ethyl adjacent to an activating group) is 1. The quantitative estimate of drug-likeness (QED) is 0.426. The van der Waals surface area contributed by atoms with Crippen molar-refractivity contribution in [1.82, 2.24) is 15.3 Å². The van der Waals surface area contributed by atoms with Gasteiger partial charge in [-0.15, -0.1) is 0 Å². The van der Waals surface area contributed by atoms with Gasteiger partial charge in [0, 0.05) is 12.7 Å². The van der Waals surface area contributed by atoms with Gasteiger partial charge in [-0.2, -0.15) is 0 Å². The molecule has 1 atom stereocenters. The maximum absolute atomic E-state index is 11.4. The summed E-state index contributed by atoms with van der Waals surface area (Å²) in [6.07, 6.45) is 1.75. The molecule has 0 aliphatic heterocycles. The number of nitrogens with two attached hydrogens (primary N) is 1. The Morgan fingerprint density at radius 2 is 2.38 bits per heavy atom. The number of hydrogen-bond donors (Lipinski definition) is 2. The summed E-state index contributed by atoms with van der Waals surface area (Å²) in [6.45, 7) is 5.24. The molecule has 3 N–H and O–H groups in total. The van der Waals surface area contributed by atoms with Crippen LogP contribution in [0.15, 0.2) is 24.4 Å². The van der Waals surface area contributed by atoms with Crippen molar-refractivity contribution < 1.29 is 4.79 Å². The van der Waals surface area contributed by atoms with Crippen LogP contribution in [0, 0.1) is 0 Å². The van der Waals surface area contributed by atoms with Gasteiger partial charge in [-0.25, -0.2) is 5.84 Å². The standard InChI is InChI=1S/C11H18N4O/c1-3-15(9(2)11(16)14-12)8-10-6-4-5-7-13-10/h4-7,9H,3,8,12H2,1-2H3,(H,14,16). The minimum Gasteiger partial charge on any atom is -0.293 e. The minimum absolute atomic E-state index is 0.183. The van der Waals surface area contributed by atoms with Gasteiger partial charge >= 0.3 is 0 Å². The van der Waals surface area contributed by atoms with E-state index in [1.54, 1.807) is 6.20 Å². The Morgan fingerprint density at radius 3 is 2.88 bits per heavy atom. The van der Waals surface area contributed by atoms with Crippen molar-refractivity contribution in [2.24, 2.45) is 5.84 Å². The minimum atomic E-state index is -0.253. The van der Waals surface area contributed by atoms with Crippen LogP contribution in [0.25, 0.3) is 0 Å². The molecule has 0 saturated heterocycles. The molecule has 1 amide bonds. The number of amides is 1. The topological polar surface area (TPSA) is 71.2 Å². The summed E-state index contributed by atoms with van der Waals surface area (Å²) in [6, 6.07) is 5.49. The summed E-state index contributed by atoms with van der Waals surface area (Å²) in [7, 11) is 0. The fourth-order valence-corrected chi connectivity index (χ4v) is 1.51. The van der Waals surface area contributed by atoms with Crippen LogP contribution in [0.5, 0.6) is 0 Å². The Morgan fingerprint density at radius 1 is 1.62 bits per heavy atom. The molecule has 1 heterocycles. The molecular weight excluding hydrogens is 204 g/mol. The molecule has 1 aromatic heterocycles. The molecule has 0 aliphatic carbocycles. The Kier molecular flexibility index (Phi) is 4.88. The first-order valence-corrected chi connectivity index (χ1v) is 5.33. The van der Waals surface area contributed by atoms with Crippen LogP contribution in [-0.2, 0) is 11.3 Å². The van der Waals surface area contributed by atoms with Gasteiger partial charge < -0.3 is 0 Å². The summed E-state index contributed by atoms with van der Waals surface area (Å²) >= 11 is 0. The first kappa shape index (κ1) is 12.6. The van der Waals surface area contributed by atoms with Gasteiger partial charge in [0.05, 0.1) is 11.7 Å². The molecule has 0 fully saturated rings. The number of aromatic nitrogens is 1. The van der Waals surface area contributed by atoms with E-state index < -0.39 is 0 Å². The zero-order valence-corrected chi connectivity index (χ0v) is 9.68. The molecule has 1 rings (SSSR count). The summed E-state index contributed by atoms with van der Waals surface area (Å²) in [5.74, 6) is 4.93. The van der Waals surface area contributed by atoms with Crippen LogP contribution in [0.4, 0.5) is 0 Å². The van der Waals surface area contributed by atoms with Gasteiger partial charge in [0.1, 0.15) is 0 Å². The molecular formula is C11H18N4O. The molecule has 16 heavy (non-hydrogen) atoms. The molecule has 1 unspecified atom stereocenters. The van der Waals surface area contributed by atoms with Crippen molar-refractivity contribution in [2.75, 3.05) is 6.54 Å². The van der Waals surface area contributed by atoms with E-state index in [-0.39, 0.29) is 11.9 Å². The van der Waals surface area contributed by atoms with Crippen molar-refractivity contribution in [3.8, 4) is 0 Å². The first-order valence-electron chi connectivity index (χ1n) is 5.33. The number of pyridine rings is 1. The van der Waals surface area contributed by atoms with Crippen molar-refractivity contribution >= 4 is 5.91 Å². The second-order valence-corrected chi connectivity index (χ2v) is 3.57. The summed E-state index contributed by atoms with van der Waals surface area (Å²) in [5.41, 5.74) is 3.11. The molecule has 0 spiro atoms. The average Bonchev–Trinajstić information content (AvgIpc) is 2.35. The van der Waals surface area contributed by atoms with Gasteiger partial charge in [-0.05, 0) is 25.6 Å². The van der Waals surface area contributed by atoms with E-state index in [4.69, 9.17) is 5.84 Å². The zero-order chi connectivity index (χ0) is 12.0. The predicted molar refractivity (Wildman–Crippen MR) is 62.1 cm³/mol. The lowest BCUT2D eigenvalue weighted by molar-refractivity contribution is -0.126. The number of nitrogens with zero attached hydrogens (tertiary/aromatic N) is 2. The Hall–Kier alpha value is -1.46. The maximum Gasteiger partial charge on any atom is 0.250 e. The highest BCUT2D eigenvalue weighted by atomic mass is 16.2. The van der Waals surface area contributed by atoms with E-state index in [9.17, 15) is 4.79 Å². The van der Waals surface area contributed by atoms with Crippen LogP contribution >= 0.6 is 0 Å². The maximum atomic E-state index is 11.4. The molecule has 0 radical (unpaired) electrons. The average molecular weight is 222 g/mol. The monoisotopic (exact) mass is 222 g/mol. The molecule has 0 saturated carbocycles. The second kappa shape index (κ2) is 6.19. The molecule has 1 aromatic rings. The van der Waals surface area contributed by atoms with Gasteiger partial charge in [-0.1, -0.05) is 13.0 Å². The third kappa shape index (κ3) is 3.29. The fourth-order valence-electron chi connectivity index (χ4n) is 1.51. The van der Waals surface area contributed by atoms with Crippen LogP contribution < -0.4 is 11.3 Å². The van der Waals surface area contributed by atoms with Crippen molar-refractivity contribution in [3.05, 3.63) is 30.1 Å². The number of hydrogen-bond acceptors (Lipinski definition) is 4. The molecule has 88 valence electrons. The molecule has 5 nitrogen and oxygen atoms in total. The lowest BCUT2D eigenvalue weighted by atomic mass is 10.2. The highest BCUT2D eigenvalue weighted by Crippen LogP contribution is 2.05. The van der Waals surface area contributed by atoms with Gasteiger partial charge in [0.2, 0.25) is 0 Å². The molecule has 5 heteroatoms. The Labute approximate surface area is 95.6 Å².